The summed E-state index contributed by atoms with van der Waals surface area (Å²) < 4.78 is 23.6. The Morgan fingerprint density at radius 2 is 1.85 bits per heavy atom. The first-order valence-corrected chi connectivity index (χ1v) is 13.0. The van der Waals surface area contributed by atoms with Crippen LogP contribution in [-0.4, -0.2) is 95.0 Å². The number of H-pyrrole nitrogens is 1. The van der Waals surface area contributed by atoms with E-state index in [0.717, 1.165) is 5.39 Å². The van der Waals surface area contributed by atoms with Crippen LogP contribution in [0.3, 0.4) is 0 Å². The van der Waals surface area contributed by atoms with Crippen LogP contribution in [0.15, 0.2) is 24.4 Å². The number of benzene rings is 1. The molecule has 3 heterocycles. The third-order valence-corrected chi connectivity index (χ3v) is 8.28. The van der Waals surface area contributed by atoms with E-state index in [-0.39, 0.29) is 30.4 Å². The van der Waals surface area contributed by atoms with Crippen molar-refractivity contribution in [2.24, 2.45) is 0 Å². The van der Waals surface area contributed by atoms with E-state index in [2.05, 4.69) is 15.2 Å². The van der Waals surface area contributed by atoms with Crippen molar-refractivity contribution in [3.63, 3.8) is 0 Å². The van der Waals surface area contributed by atoms with Crippen LogP contribution in [0, 0.1) is 0 Å². The Hall–Kier alpha value is -2.96. The van der Waals surface area contributed by atoms with Crippen LogP contribution in [0.4, 0.5) is 5.69 Å². The minimum atomic E-state index is -2.97. The maximum Gasteiger partial charge on any atom is 0.325 e. The molecule has 2 saturated heterocycles. The molecule has 2 aromatic rings. The third kappa shape index (κ3) is 5.40. The number of anilines is 1. The number of piperazine rings is 1. The summed E-state index contributed by atoms with van der Waals surface area (Å²) in [6, 6.07) is 4.24. The molecule has 2 aliphatic rings. The van der Waals surface area contributed by atoms with Crippen LogP contribution in [0.1, 0.15) is 30.9 Å². The van der Waals surface area contributed by atoms with Gasteiger partial charge in [0, 0.05) is 67.0 Å². The summed E-state index contributed by atoms with van der Waals surface area (Å²) in [5, 5.41) is 22.1. The molecule has 34 heavy (non-hydrogen) atoms. The first kappa shape index (κ1) is 24.2. The summed E-state index contributed by atoms with van der Waals surface area (Å²) in [5.74, 6) is -2.04. The normalized spacial score (nSPS) is 21.9. The summed E-state index contributed by atoms with van der Waals surface area (Å²) in [6.45, 7) is 2.24. The molecule has 1 amide bonds. The Morgan fingerprint density at radius 1 is 1.12 bits per heavy atom. The zero-order valence-corrected chi connectivity index (χ0v) is 19.4. The molecule has 0 unspecified atom stereocenters. The molecule has 0 radical (unpaired) electrons. The maximum atomic E-state index is 12.2. The predicted molar refractivity (Wildman–Crippen MR) is 124 cm³/mol. The van der Waals surface area contributed by atoms with Gasteiger partial charge < -0.3 is 20.5 Å². The van der Waals surface area contributed by atoms with E-state index < -0.39 is 33.7 Å². The second-order valence-electron chi connectivity index (χ2n) is 8.82. The fraction of sp³-hybridized carbons (Fsp3) is 0.500. The number of aromatic amines is 1. The predicted octanol–water partition coefficient (Wildman–Crippen LogP) is 0.902. The Morgan fingerprint density at radius 3 is 2.47 bits per heavy atom. The molecule has 4 N–H and O–H groups in total. The number of amides is 1. The second-order valence-corrected chi connectivity index (χ2v) is 11.0. The molecule has 1 aromatic heterocycles. The van der Waals surface area contributed by atoms with Gasteiger partial charge in [0.2, 0.25) is 5.91 Å². The van der Waals surface area contributed by atoms with Gasteiger partial charge in [-0.15, -0.1) is 0 Å². The maximum absolute atomic E-state index is 12.2. The van der Waals surface area contributed by atoms with E-state index in [9.17, 15) is 27.9 Å². The molecule has 2 fully saturated rings. The topological polar surface area (TPSA) is 160 Å². The number of carbonyl (C=O) groups is 3. The molecule has 0 spiro atoms. The largest absolute Gasteiger partial charge is 0.481 e. The van der Waals surface area contributed by atoms with Gasteiger partial charge >= 0.3 is 11.9 Å². The number of aromatic nitrogens is 1. The molecule has 2 atom stereocenters. The van der Waals surface area contributed by atoms with Crippen LogP contribution in [0.2, 0.25) is 0 Å². The van der Waals surface area contributed by atoms with E-state index in [1.807, 2.05) is 4.90 Å². The van der Waals surface area contributed by atoms with Gasteiger partial charge in [-0.1, -0.05) is 6.07 Å². The smallest absolute Gasteiger partial charge is 0.325 e. The van der Waals surface area contributed by atoms with Gasteiger partial charge in [-0.25, -0.2) is 8.42 Å². The van der Waals surface area contributed by atoms with Crippen molar-refractivity contribution in [2.45, 2.75) is 31.3 Å². The summed E-state index contributed by atoms with van der Waals surface area (Å²) in [4.78, 5) is 41.9. The average molecular weight is 493 g/mol. The van der Waals surface area contributed by atoms with Gasteiger partial charge in [-0.3, -0.25) is 24.2 Å². The number of nitrogens with one attached hydrogen (secondary N) is 2. The van der Waals surface area contributed by atoms with Crippen LogP contribution in [-0.2, 0) is 24.2 Å². The zero-order chi connectivity index (χ0) is 24.5. The fourth-order valence-corrected chi connectivity index (χ4v) is 6.57. The van der Waals surface area contributed by atoms with Crippen LogP contribution >= 0.6 is 0 Å². The number of fused-ring (bicyclic) bond motifs is 1. The van der Waals surface area contributed by atoms with Crippen molar-refractivity contribution in [3.8, 4) is 0 Å². The van der Waals surface area contributed by atoms with Crippen molar-refractivity contribution >= 4 is 44.3 Å². The number of nitrogens with zero attached hydrogens (tertiary/aromatic N) is 2. The quantitative estimate of drug-likeness (QED) is 0.420. The Kier molecular flexibility index (Phi) is 6.91. The minimum absolute atomic E-state index is 0.00708. The minimum Gasteiger partial charge on any atom is -0.481 e. The number of sulfone groups is 1. The number of carboxylic acid groups (broad SMARTS) is 2. The lowest BCUT2D eigenvalue weighted by Crippen LogP contribution is -2.52. The SMILES string of the molecule is O=C(O)CCC(=O)Nc1ccc2c([C@@H](C(=O)O)N3CCN([C@H]4CCS(=O)(=O)C4)CC3)c[nH]c2c1. The first-order chi connectivity index (χ1) is 16.1. The molecular weight excluding hydrogens is 464 g/mol. The van der Waals surface area contributed by atoms with Crippen LogP contribution in [0.25, 0.3) is 10.9 Å². The lowest BCUT2D eigenvalue weighted by Gasteiger charge is -2.39. The van der Waals surface area contributed by atoms with E-state index in [1.54, 1.807) is 24.4 Å². The molecule has 1 aromatic carbocycles. The standard InChI is InChI=1S/C22H28N4O7S/c27-19(3-4-20(28)29)24-14-1-2-16-17(12-23-18(16)11-14)21(22(30)31)26-8-6-25(7-9-26)15-5-10-34(32,33)13-15/h1-2,11-12,15,21,23H,3-10,13H2,(H,24,27)(H,28,29)(H,30,31)/t15-,21-/m0/s1. The number of hydrogen-bond donors (Lipinski definition) is 4. The van der Waals surface area contributed by atoms with Crippen LogP contribution in [0.5, 0.6) is 0 Å². The average Bonchev–Trinajstić information content (AvgIpc) is 3.35. The highest BCUT2D eigenvalue weighted by atomic mass is 32.2. The Bertz CT molecular complexity index is 1200. The Balaban J connectivity index is 1.45. The van der Waals surface area contributed by atoms with Gasteiger partial charge in [0.25, 0.3) is 0 Å². The molecule has 2 aliphatic heterocycles. The second kappa shape index (κ2) is 9.72. The fourth-order valence-electron chi connectivity index (χ4n) is 4.81. The third-order valence-electron chi connectivity index (χ3n) is 6.53. The van der Waals surface area contributed by atoms with E-state index in [1.165, 1.54) is 0 Å². The van der Waals surface area contributed by atoms with E-state index >= 15 is 0 Å². The molecule has 12 heteroatoms. The van der Waals surface area contributed by atoms with Crippen molar-refractivity contribution < 1.29 is 33.0 Å². The summed E-state index contributed by atoms with van der Waals surface area (Å²) >= 11 is 0. The molecule has 11 nitrogen and oxygen atoms in total. The summed E-state index contributed by atoms with van der Waals surface area (Å²) in [6.07, 6.45) is 1.89. The number of carboxylic acids is 2. The number of carbonyl (C=O) groups excluding carboxylic acids is 1. The number of aliphatic carboxylic acids is 2. The number of hydrogen-bond acceptors (Lipinski definition) is 7. The molecule has 0 aliphatic carbocycles. The summed E-state index contributed by atoms with van der Waals surface area (Å²) in [5.41, 5.74) is 1.76. The molecule has 184 valence electrons. The van der Waals surface area contributed by atoms with Gasteiger partial charge in [-0.05, 0) is 18.6 Å². The molecule has 0 bridgehead atoms. The zero-order valence-electron chi connectivity index (χ0n) is 18.6. The molecule has 0 saturated carbocycles. The van der Waals surface area contributed by atoms with Crippen molar-refractivity contribution in [3.05, 3.63) is 30.0 Å². The molecular formula is C22H28N4O7S. The van der Waals surface area contributed by atoms with E-state index in [4.69, 9.17) is 5.11 Å². The molecule has 4 rings (SSSR count). The monoisotopic (exact) mass is 492 g/mol. The van der Waals surface area contributed by atoms with Gasteiger partial charge in [-0.2, -0.15) is 0 Å². The lowest BCUT2D eigenvalue weighted by molar-refractivity contribution is -0.144. The van der Waals surface area contributed by atoms with E-state index in [0.29, 0.717) is 49.4 Å². The van der Waals surface area contributed by atoms with Gasteiger partial charge in [0.1, 0.15) is 6.04 Å². The van der Waals surface area contributed by atoms with Gasteiger partial charge in [0.15, 0.2) is 9.84 Å². The van der Waals surface area contributed by atoms with Crippen molar-refractivity contribution in [1.29, 1.82) is 0 Å². The Labute approximate surface area is 196 Å². The van der Waals surface area contributed by atoms with Gasteiger partial charge in [0.05, 0.1) is 17.9 Å². The van der Waals surface area contributed by atoms with Crippen molar-refractivity contribution in [1.82, 2.24) is 14.8 Å². The van der Waals surface area contributed by atoms with Crippen molar-refractivity contribution in [2.75, 3.05) is 43.0 Å². The highest BCUT2D eigenvalue weighted by molar-refractivity contribution is 7.91. The highest BCUT2D eigenvalue weighted by Gasteiger charge is 2.37. The van der Waals surface area contributed by atoms with Crippen LogP contribution < -0.4 is 5.32 Å². The summed E-state index contributed by atoms with van der Waals surface area (Å²) in [7, 11) is -2.97. The highest BCUT2D eigenvalue weighted by Crippen LogP contribution is 2.31. The lowest BCUT2D eigenvalue weighted by atomic mass is 10.0. The first-order valence-electron chi connectivity index (χ1n) is 11.2. The number of rotatable bonds is 8.